The Morgan fingerprint density at radius 2 is 2.20 bits per heavy atom. The van der Waals surface area contributed by atoms with E-state index in [2.05, 4.69) is 47.3 Å². The van der Waals surface area contributed by atoms with Crippen molar-refractivity contribution in [3.05, 3.63) is 29.0 Å². The quantitative estimate of drug-likeness (QED) is 0.813. The lowest BCUT2D eigenvalue weighted by Gasteiger charge is -2.17. The number of nitrogens with one attached hydrogen (secondary N) is 1. The molecule has 0 aliphatic rings. The maximum Gasteiger partial charge on any atom is 0.115 e. The fourth-order valence-electron chi connectivity index (χ4n) is 2.10. The Labute approximate surface area is 124 Å². The molecule has 1 atom stereocenters. The van der Waals surface area contributed by atoms with Crippen LogP contribution in [0.25, 0.3) is 0 Å². The smallest absolute Gasteiger partial charge is 0.115 e. The average molecular weight is 293 g/mol. The monoisotopic (exact) mass is 293 g/mol. The van der Waals surface area contributed by atoms with E-state index in [1.165, 1.54) is 0 Å². The Kier molecular flexibility index (Phi) is 5.55. The first kappa shape index (κ1) is 15.0. The molecule has 110 valence electrons. The summed E-state index contributed by atoms with van der Waals surface area (Å²) in [5, 5.41) is 10.9. The lowest BCUT2D eigenvalue weighted by molar-refractivity contribution is 0.285. The third-order valence-corrected chi connectivity index (χ3v) is 4.34. The lowest BCUT2D eigenvalue weighted by Crippen LogP contribution is -2.27. The van der Waals surface area contributed by atoms with E-state index in [-0.39, 0.29) is 6.04 Å². The highest BCUT2D eigenvalue weighted by atomic mass is 32.1. The highest BCUT2D eigenvalue weighted by Gasteiger charge is 2.09. The van der Waals surface area contributed by atoms with Gasteiger partial charge in [-0.1, -0.05) is 13.8 Å². The third kappa shape index (κ3) is 4.05. The maximum absolute atomic E-state index is 4.40. The molecular formula is C14H23N5S. The van der Waals surface area contributed by atoms with Gasteiger partial charge in [0.25, 0.3) is 0 Å². The van der Waals surface area contributed by atoms with Crippen LogP contribution in [-0.2, 0) is 6.54 Å². The van der Waals surface area contributed by atoms with Crippen molar-refractivity contribution < 1.29 is 0 Å². The van der Waals surface area contributed by atoms with E-state index in [0.29, 0.717) is 0 Å². The molecule has 20 heavy (non-hydrogen) atoms. The molecule has 0 amide bonds. The third-order valence-electron chi connectivity index (χ3n) is 3.38. The van der Waals surface area contributed by atoms with Gasteiger partial charge >= 0.3 is 0 Å². The second-order valence-electron chi connectivity index (χ2n) is 4.76. The first-order valence-corrected chi connectivity index (χ1v) is 8.01. The summed E-state index contributed by atoms with van der Waals surface area (Å²) in [7, 11) is 0. The number of hydrogen-bond donors (Lipinski definition) is 1. The van der Waals surface area contributed by atoms with Gasteiger partial charge in [0.05, 0.1) is 24.5 Å². The van der Waals surface area contributed by atoms with Crippen molar-refractivity contribution in [1.82, 2.24) is 19.7 Å². The van der Waals surface area contributed by atoms with Crippen molar-refractivity contribution in [3.63, 3.8) is 0 Å². The van der Waals surface area contributed by atoms with Crippen molar-refractivity contribution in [2.75, 3.05) is 25.0 Å². The molecule has 0 aromatic carbocycles. The molecule has 0 radical (unpaired) electrons. The van der Waals surface area contributed by atoms with Gasteiger partial charge in [0.15, 0.2) is 0 Å². The molecule has 0 spiro atoms. The van der Waals surface area contributed by atoms with E-state index >= 15 is 0 Å². The van der Waals surface area contributed by atoms with Gasteiger partial charge in [0, 0.05) is 24.3 Å². The van der Waals surface area contributed by atoms with E-state index in [1.807, 2.05) is 22.5 Å². The van der Waals surface area contributed by atoms with Crippen LogP contribution >= 0.6 is 11.3 Å². The highest BCUT2D eigenvalue weighted by molar-refractivity contribution is 7.09. The van der Waals surface area contributed by atoms with Crippen LogP contribution in [0.1, 0.15) is 31.8 Å². The SMILES string of the molecule is CCN(CC)CCn1cc(NC(C)c2nccs2)cn1. The Morgan fingerprint density at radius 1 is 1.40 bits per heavy atom. The summed E-state index contributed by atoms with van der Waals surface area (Å²) < 4.78 is 2.00. The largest absolute Gasteiger partial charge is 0.374 e. The molecule has 0 saturated carbocycles. The van der Waals surface area contributed by atoms with Crippen molar-refractivity contribution in [3.8, 4) is 0 Å². The molecule has 0 saturated heterocycles. The van der Waals surface area contributed by atoms with Crippen LogP contribution in [0.15, 0.2) is 24.0 Å². The van der Waals surface area contributed by atoms with E-state index in [1.54, 1.807) is 11.3 Å². The van der Waals surface area contributed by atoms with E-state index in [9.17, 15) is 0 Å². The molecule has 2 aromatic rings. The summed E-state index contributed by atoms with van der Waals surface area (Å²) in [4.78, 5) is 6.72. The average Bonchev–Trinajstić information content (AvgIpc) is 3.11. The number of anilines is 1. The summed E-state index contributed by atoms with van der Waals surface area (Å²) in [6.45, 7) is 10.6. The topological polar surface area (TPSA) is 46.0 Å². The van der Waals surface area contributed by atoms with Crippen LogP contribution in [0.4, 0.5) is 5.69 Å². The summed E-state index contributed by atoms with van der Waals surface area (Å²) in [5.74, 6) is 0. The molecule has 0 aliphatic carbocycles. The number of rotatable bonds is 8. The standard InChI is InChI=1S/C14H23N5S/c1-4-18(5-2)7-8-19-11-13(10-16-19)17-12(3)14-15-6-9-20-14/h6,9-12,17H,4-5,7-8H2,1-3H3. The highest BCUT2D eigenvalue weighted by Crippen LogP contribution is 2.20. The van der Waals surface area contributed by atoms with Crippen LogP contribution < -0.4 is 5.32 Å². The zero-order valence-corrected chi connectivity index (χ0v) is 13.2. The van der Waals surface area contributed by atoms with Crippen LogP contribution in [0, 0.1) is 0 Å². The predicted octanol–water partition coefficient (Wildman–Crippen LogP) is 2.85. The van der Waals surface area contributed by atoms with Gasteiger partial charge in [-0.25, -0.2) is 4.98 Å². The van der Waals surface area contributed by atoms with Gasteiger partial charge in [0.1, 0.15) is 5.01 Å². The summed E-state index contributed by atoms with van der Waals surface area (Å²) in [6, 6.07) is 0.218. The van der Waals surface area contributed by atoms with Crippen molar-refractivity contribution >= 4 is 17.0 Å². The molecule has 0 aliphatic heterocycles. The predicted molar refractivity (Wildman–Crippen MR) is 84.2 cm³/mol. The summed E-state index contributed by atoms with van der Waals surface area (Å²) in [6.07, 6.45) is 5.78. The molecular weight excluding hydrogens is 270 g/mol. The van der Waals surface area contributed by atoms with Crippen LogP contribution in [0.3, 0.4) is 0 Å². The van der Waals surface area contributed by atoms with Gasteiger partial charge in [-0.2, -0.15) is 5.10 Å². The first-order chi connectivity index (χ1) is 9.72. The van der Waals surface area contributed by atoms with Gasteiger partial charge in [0.2, 0.25) is 0 Å². The van der Waals surface area contributed by atoms with Crippen LogP contribution in [-0.4, -0.2) is 39.3 Å². The second kappa shape index (κ2) is 7.40. The van der Waals surface area contributed by atoms with E-state index < -0.39 is 0 Å². The zero-order valence-electron chi connectivity index (χ0n) is 12.4. The van der Waals surface area contributed by atoms with Gasteiger partial charge in [-0.3, -0.25) is 4.68 Å². The Bertz CT molecular complexity index is 489. The minimum absolute atomic E-state index is 0.218. The Hall–Kier alpha value is -1.40. The summed E-state index contributed by atoms with van der Waals surface area (Å²) in [5.41, 5.74) is 1.05. The molecule has 6 heteroatoms. The Morgan fingerprint density at radius 3 is 2.85 bits per heavy atom. The normalized spacial score (nSPS) is 12.8. The van der Waals surface area contributed by atoms with Crippen molar-refractivity contribution in [1.29, 1.82) is 0 Å². The number of aromatic nitrogens is 3. The molecule has 2 rings (SSSR count). The number of likely N-dealkylation sites (N-methyl/N-ethyl adjacent to an activating group) is 1. The zero-order chi connectivity index (χ0) is 14.4. The lowest BCUT2D eigenvalue weighted by atomic mass is 10.3. The van der Waals surface area contributed by atoms with Crippen LogP contribution in [0.2, 0.25) is 0 Å². The van der Waals surface area contributed by atoms with Crippen molar-refractivity contribution in [2.45, 2.75) is 33.4 Å². The minimum Gasteiger partial charge on any atom is -0.374 e. The molecule has 1 N–H and O–H groups in total. The number of nitrogens with zero attached hydrogens (tertiary/aromatic N) is 4. The molecule has 2 heterocycles. The fourth-order valence-corrected chi connectivity index (χ4v) is 2.75. The number of thiazole rings is 1. The fraction of sp³-hybridized carbons (Fsp3) is 0.571. The van der Waals surface area contributed by atoms with Crippen LogP contribution in [0.5, 0.6) is 0 Å². The first-order valence-electron chi connectivity index (χ1n) is 7.13. The molecule has 1 unspecified atom stereocenters. The summed E-state index contributed by atoms with van der Waals surface area (Å²) >= 11 is 1.67. The van der Waals surface area contributed by atoms with E-state index in [0.717, 1.165) is 36.9 Å². The second-order valence-corrected chi connectivity index (χ2v) is 5.68. The van der Waals surface area contributed by atoms with Crippen molar-refractivity contribution in [2.24, 2.45) is 0 Å². The van der Waals surface area contributed by atoms with E-state index in [4.69, 9.17) is 0 Å². The molecule has 5 nitrogen and oxygen atoms in total. The Balaban J connectivity index is 1.86. The minimum atomic E-state index is 0.218. The molecule has 0 bridgehead atoms. The van der Waals surface area contributed by atoms with Gasteiger partial charge in [-0.15, -0.1) is 11.3 Å². The molecule has 0 fully saturated rings. The number of hydrogen-bond acceptors (Lipinski definition) is 5. The molecule has 2 aromatic heterocycles. The van der Waals surface area contributed by atoms with Gasteiger partial charge < -0.3 is 10.2 Å². The van der Waals surface area contributed by atoms with Gasteiger partial charge in [-0.05, 0) is 20.0 Å². The maximum atomic E-state index is 4.40.